The molecule has 1 aromatic carbocycles. The second kappa shape index (κ2) is 3.62. The van der Waals surface area contributed by atoms with E-state index in [0.29, 0.717) is 5.69 Å². The second-order valence-corrected chi connectivity index (χ2v) is 3.34. The average Bonchev–Trinajstić information content (AvgIpc) is 2.61. The molecule has 2 rings (SSSR count). The predicted octanol–water partition coefficient (Wildman–Crippen LogP) is 3.45. The van der Waals surface area contributed by atoms with E-state index in [4.69, 9.17) is 0 Å². The Kier molecular flexibility index (Phi) is 2.31. The molecular weight excluding hydrogens is 176 g/mol. The number of rotatable bonds is 3. The van der Waals surface area contributed by atoms with Gasteiger partial charge in [0.2, 0.25) is 0 Å². The first-order chi connectivity index (χ1) is 6.85. The first-order valence-corrected chi connectivity index (χ1v) is 4.77. The van der Waals surface area contributed by atoms with Crippen molar-refractivity contribution in [3.8, 4) is 0 Å². The molecule has 0 fully saturated rings. The molecule has 0 aliphatic carbocycles. The van der Waals surface area contributed by atoms with Gasteiger partial charge in [-0.2, -0.15) is 0 Å². The summed E-state index contributed by atoms with van der Waals surface area (Å²) < 4.78 is 2.18. The van der Waals surface area contributed by atoms with Gasteiger partial charge in [-0.15, -0.1) is 4.91 Å². The summed E-state index contributed by atoms with van der Waals surface area (Å²) in [6.07, 6.45) is 3.15. The summed E-state index contributed by atoms with van der Waals surface area (Å²) in [6, 6.07) is 7.53. The fraction of sp³-hybridized carbons (Fsp3) is 0.273. The number of aryl methyl sites for hydroxylation is 1. The molecule has 1 aromatic heterocycles. The molecule has 2 aromatic rings. The summed E-state index contributed by atoms with van der Waals surface area (Å²) in [6.45, 7) is 3.16. The molecule has 0 N–H and O–H groups in total. The minimum Gasteiger partial charge on any atom is -0.347 e. The van der Waals surface area contributed by atoms with E-state index in [1.807, 2.05) is 24.4 Å². The maximum atomic E-state index is 10.3. The highest BCUT2D eigenvalue weighted by atomic mass is 16.3. The normalized spacial score (nSPS) is 10.6. The van der Waals surface area contributed by atoms with Crippen LogP contribution in [0.3, 0.4) is 0 Å². The van der Waals surface area contributed by atoms with Gasteiger partial charge < -0.3 is 4.57 Å². The molecule has 0 aliphatic rings. The van der Waals surface area contributed by atoms with Crippen LogP contribution in [-0.4, -0.2) is 4.57 Å². The molecule has 0 spiro atoms. The van der Waals surface area contributed by atoms with E-state index in [1.54, 1.807) is 6.07 Å². The lowest BCUT2D eigenvalue weighted by Crippen LogP contribution is -1.92. The zero-order valence-electron chi connectivity index (χ0n) is 8.10. The van der Waals surface area contributed by atoms with Gasteiger partial charge in [0.25, 0.3) is 0 Å². The molecule has 14 heavy (non-hydrogen) atoms. The third kappa shape index (κ3) is 1.41. The largest absolute Gasteiger partial charge is 0.347 e. The van der Waals surface area contributed by atoms with Crippen molar-refractivity contribution in [1.29, 1.82) is 0 Å². The molecule has 0 unspecified atom stereocenters. The number of nitrogens with zero attached hydrogens (tertiary/aromatic N) is 2. The molecule has 0 aliphatic heterocycles. The molecule has 1 heterocycles. The van der Waals surface area contributed by atoms with E-state index in [2.05, 4.69) is 16.7 Å². The van der Waals surface area contributed by atoms with Crippen LogP contribution in [0.5, 0.6) is 0 Å². The van der Waals surface area contributed by atoms with Gasteiger partial charge >= 0.3 is 0 Å². The standard InChI is InChI=1S/C11H12N2O/c1-2-6-13-7-5-9-8-10(12-14)3-4-11(9)13/h3-5,7-8H,2,6H2,1H3. The van der Waals surface area contributed by atoms with Crippen LogP contribution in [0.4, 0.5) is 5.69 Å². The van der Waals surface area contributed by atoms with Crippen LogP contribution in [0.2, 0.25) is 0 Å². The van der Waals surface area contributed by atoms with Gasteiger partial charge in [-0.3, -0.25) is 0 Å². The van der Waals surface area contributed by atoms with Gasteiger partial charge in [0.1, 0.15) is 5.69 Å². The van der Waals surface area contributed by atoms with E-state index in [9.17, 15) is 4.91 Å². The van der Waals surface area contributed by atoms with Gasteiger partial charge in [0, 0.05) is 23.6 Å². The molecule has 3 nitrogen and oxygen atoms in total. The summed E-state index contributed by atoms with van der Waals surface area (Å²) in [5.74, 6) is 0. The second-order valence-electron chi connectivity index (χ2n) is 3.34. The summed E-state index contributed by atoms with van der Waals surface area (Å²) in [5.41, 5.74) is 1.66. The molecule has 0 saturated carbocycles. The monoisotopic (exact) mass is 188 g/mol. The summed E-state index contributed by atoms with van der Waals surface area (Å²) >= 11 is 0. The number of hydrogen-bond acceptors (Lipinski definition) is 2. The third-order valence-electron chi connectivity index (χ3n) is 2.32. The van der Waals surface area contributed by atoms with E-state index in [0.717, 1.165) is 18.4 Å². The lowest BCUT2D eigenvalue weighted by molar-refractivity contribution is 0.703. The Morgan fingerprint density at radius 1 is 1.36 bits per heavy atom. The van der Waals surface area contributed by atoms with Crippen molar-refractivity contribution < 1.29 is 0 Å². The van der Waals surface area contributed by atoms with Crippen LogP contribution < -0.4 is 0 Å². The minimum atomic E-state index is 0.492. The highest BCUT2D eigenvalue weighted by Crippen LogP contribution is 2.22. The quantitative estimate of drug-likeness (QED) is 0.679. The van der Waals surface area contributed by atoms with E-state index in [-0.39, 0.29) is 0 Å². The zero-order chi connectivity index (χ0) is 9.97. The lowest BCUT2D eigenvalue weighted by atomic mass is 10.2. The predicted molar refractivity (Wildman–Crippen MR) is 57.7 cm³/mol. The maximum Gasteiger partial charge on any atom is 0.108 e. The first kappa shape index (κ1) is 8.94. The maximum absolute atomic E-state index is 10.3. The third-order valence-corrected chi connectivity index (χ3v) is 2.32. The van der Waals surface area contributed by atoms with Crippen LogP contribution in [-0.2, 0) is 6.54 Å². The average molecular weight is 188 g/mol. The van der Waals surface area contributed by atoms with E-state index in [1.165, 1.54) is 5.52 Å². The Balaban J connectivity index is 2.53. The number of aromatic nitrogens is 1. The van der Waals surface area contributed by atoms with Crippen LogP contribution >= 0.6 is 0 Å². The van der Waals surface area contributed by atoms with Crippen molar-refractivity contribution in [2.75, 3.05) is 0 Å². The van der Waals surface area contributed by atoms with E-state index < -0.39 is 0 Å². The number of fused-ring (bicyclic) bond motifs is 1. The lowest BCUT2D eigenvalue weighted by Gasteiger charge is -2.01. The highest BCUT2D eigenvalue weighted by Gasteiger charge is 2.01. The molecule has 3 heteroatoms. The Bertz CT molecular complexity index is 459. The van der Waals surface area contributed by atoms with Gasteiger partial charge in [-0.1, -0.05) is 6.92 Å². The smallest absolute Gasteiger partial charge is 0.108 e. The zero-order valence-corrected chi connectivity index (χ0v) is 8.10. The van der Waals surface area contributed by atoms with Crippen molar-refractivity contribution in [3.63, 3.8) is 0 Å². The van der Waals surface area contributed by atoms with Gasteiger partial charge in [0.05, 0.1) is 0 Å². The van der Waals surface area contributed by atoms with Crippen LogP contribution in [0, 0.1) is 4.91 Å². The van der Waals surface area contributed by atoms with Crippen molar-refractivity contribution >= 4 is 16.6 Å². The molecule has 72 valence electrons. The molecule has 0 saturated heterocycles. The topological polar surface area (TPSA) is 34.4 Å². The summed E-state index contributed by atoms with van der Waals surface area (Å²) in [7, 11) is 0. The Morgan fingerprint density at radius 3 is 2.93 bits per heavy atom. The Morgan fingerprint density at radius 2 is 2.21 bits per heavy atom. The SMILES string of the molecule is CCCn1ccc2cc(N=O)ccc21. The molecule has 0 atom stereocenters. The van der Waals surface area contributed by atoms with Crippen molar-refractivity contribution in [2.24, 2.45) is 5.18 Å². The van der Waals surface area contributed by atoms with E-state index >= 15 is 0 Å². The fourth-order valence-corrected chi connectivity index (χ4v) is 1.68. The van der Waals surface area contributed by atoms with Crippen molar-refractivity contribution in [2.45, 2.75) is 19.9 Å². The Hall–Kier alpha value is -1.64. The number of nitroso groups, excluding NO2 is 1. The van der Waals surface area contributed by atoms with Crippen molar-refractivity contribution in [3.05, 3.63) is 35.4 Å². The molecule has 0 amide bonds. The minimum absolute atomic E-state index is 0.492. The summed E-state index contributed by atoms with van der Waals surface area (Å²) in [5, 5.41) is 4.00. The molecule has 0 radical (unpaired) electrons. The molecule has 0 bridgehead atoms. The molecular formula is C11H12N2O. The number of hydrogen-bond donors (Lipinski definition) is 0. The van der Waals surface area contributed by atoms with Gasteiger partial charge in [0.15, 0.2) is 0 Å². The van der Waals surface area contributed by atoms with Crippen LogP contribution in [0.25, 0.3) is 10.9 Å². The Labute approximate surface area is 82.3 Å². The number of benzene rings is 1. The van der Waals surface area contributed by atoms with Crippen LogP contribution in [0.1, 0.15) is 13.3 Å². The van der Waals surface area contributed by atoms with Crippen molar-refractivity contribution in [1.82, 2.24) is 4.57 Å². The van der Waals surface area contributed by atoms with Gasteiger partial charge in [-0.05, 0) is 35.9 Å². The fourth-order valence-electron chi connectivity index (χ4n) is 1.68. The highest BCUT2D eigenvalue weighted by molar-refractivity contribution is 5.83. The van der Waals surface area contributed by atoms with Crippen LogP contribution in [0.15, 0.2) is 35.6 Å². The summed E-state index contributed by atoms with van der Waals surface area (Å²) in [4.78, 5) is 10.3. The van der Waals surface area contributed by atoms with Gasteiger partial charge in [-0.25, -0.2) is 0 Å². The first-order valence-electron chi connectivity index (χ1n) is 4.77.